The van der Waals surface area contributed by atoms with Crippen molar-refractivity contribution in [3.05, 3.63) is 82.6 Å². The van der Waals surface area contributed by atoms with Gasteiger partial charge in [-0.2, -0.15) is 13.2 Å². The number of hydrogen-bond donors (Lipinski definition) is 2. The molecule has 2 N–H and O–H groups in total. The van der Waals surface area contributed by atoms with E-state index in [1.165, 1.54) is 37.1 Å². The number of alkyl halides is 3. The molecule has 0 aliphatic heterocycles. The van der Waals surface area contributed by atoms with E-state index in [1.54, 1.807) is 12.1 Å². The van der Waals surface area contributed by atoms with Gasteiger partial charge in [-0.05, 0) is 42.5 Å². The van der Waals surface area contributed by atoms with Gasteiger partial charge in [0.1, 0.15) is 5.69 Å². The normalized spacial score (nSPS) is 11.0. The zero-order chi connectivity index (χ0) is 23.3. The maximum absolute atomic E-state index is 13.0. The lowest BCUT2D eigenvalue weighted by atomic mass is 10.2. The fourth-order valence-electron chi connectivity index (χ4n) is 2.51. The molecule has 0 spiro atoms. The number of hydrazine groups is 1. The van der Waals surface area contributed by atoms with Crippen LogP contribution in [-0.4, -0.2) is 28.9 Å². The molecule has 3 rings (SSSR count). The number of carbonyl (C=O) groups is 2. The summed E-state index contributed by atoms with van der Waals surface area (Å²) in [4.78, 5) is 31.5. The molecule has 32 heavy (non-hydrogen) atoms. The van der Waals surface area contributed by atoms with E-state index in [0.717, 1.165) is 20.8 Å². The van der Waals surface area contributed by atoms with E-state index in [-0.39, 0.29) is 15.9 Å². The Morgan fingerprint density at radius 1 is 1.03 bits per heavy atom. The van der Waals surface area contributed by atoms with Crippen LogP contribution < -0.4 is 10.9 Å². The predicted molar refractivity (Wildman–Crippen MR) is 118 cm³/mol. The minimum Gasteiger partial charge on any atom is -0.297 e. The number of urea groups is 1. The molecule has 0 fully saturated rings. The van der Waals surface area contributed by atoms with E-state index in [1.807, 2.05) is 30.3 Å². The highest BCUT2D eigenvalue weighted by molar-refractivity contribution is 9.10. The molecule has 3 aromatic rings. The number of imide groups is 1. The molecule has 0 radical (unpaired) electrons. The number of pyridine rings is 1. The van der Waals surface area contributed by atoms with Gasteiger partial charge < -0.3 is 0 Å². The summed E-state index contributed by atoms with van der Waals surface area (Å²) in [5.74, 6) is -0.674. The fourth-order valence-corrected chi connectivity index (χ4v) is 3.85. The minimum atomic E-state index is -4.57. The average Bonchev–Trinajstić information content (AvgIpc) is 2.77. The number of halogens is 4. The van der Waals surface area contributed by atoms with Gasteiger partial charge in [-0.15, -0.1) is 0 Å². The van der Waals surface area contributed by atoms with Crippen molar-refractivity contribution in [1.82, 2.24) is 15.3 Å². The standard InChI is InChI=1S/C21H16BrF3N4O2S/c1-29(20(31)28-27-13-7-8-17(22)16(11-13)21(23,24)25)19(30)18-12-15(9-10-26-18)32-14-5-3-2-4-6-14/h2-12,27H,1H3,(H,28,31). The summed E-state index contributed by atoms with van der Waals surface area (Å²) in [5.41, 5.74) is 3.72. The molecule has 3 amide bonds. The molecule has 0 unspecified atom stereocenters. The number of anilines is 1. The maximum atomic E-state index is 13.0. The summed E-state index contributed by atoms with van der Waals surface area (Å²) in [6, 6.07) is 15.3. The SMILES string of the molecule is CN(C(=O)NNc1ccc(Br)c(C(F)(F)F)c1)C(=O)c1cc(Sc2ccccc2)ccn1. The molecule has 0 bridgehead atoms. The summed E-state index contributed by atoms with van der Waals surface area (Å²) in [6.07, 6.45) is -3.11. The average molecular weight is 525 g/mol. The fraction of sp³-hybridized carbons (Fsp3) is 0.0952. The van der Waals surface area contributed by atoms with Gasteiger partial charge in [-0.1, -0.05) is 45.9 Å². The number of benzene rings is 2. The minimum absolute atomic E-state index is 0.00546. The number of nitrogens with zero attached hydrogens (tertiary/aromatic N) is 2. The van der Waals surface area contributed by atoms with Crippen LogP contribution in [0, 0.1) is 0 Å². The first-order chi connectivity index (χ1) is 15.1. The van der Waals surface area contributed by atoms with Crippen LogP contribution in [0.2, 0.25) is 0 Å². The van der Waals surface area contributed by atoms with Crippen molar-refractivity contribution >= 4 is 45.3 Å². The van der Waals surface area contributed by atoms with Gasteiger partial charge >= 0.3 is 12.2 Å². The second-order valence-electron chi connectivity index (χ2n) is 6.40. The van der Waals surface area contributed by atoms with Gasteiger partial charge in [0.2, 0.25) is 0 Å². The lowest BCUT2D eigenvalue weighted by molar-refractivity contribution is -0.138. The quantitative estimate of drug-likeness (QED) is 0.411. The Kier molecular flexibility index (Phi) is 7.41. The van der Waals surface area contributed by atoms with Crippen molar-refractivity contribution in [2.24, 2.45) is 0 Å². The Labute approximate surface area is 194 Å². The Balaban J connectivity index is 1.65. The zero-order valence-electron chi connectivity index (χ0n) is 16.5. The summed E-state index contributed by atoms with van der Waals surface area (Å²) in [5, 5.41) is 0. The van der Waals surface area contributed by atoms with Crippen molar-refractivity contribution in [3.63, 3.8) is 0 Å². The Bertz CT molecular complexity index is 1130. The van der Waals surface area contributed by atoms with Crippen LogP contribution in [0.3, 0.4) is 0 Å². The first-order valence-electron chi connectivity index (χ1n) is 9.05. The highest BCUT2D eigenvalue weighted by Gasteiger charge is 2.33. The number of aromatic nitrogens is 1. The number of rotatable bonds is 5. The second-order valence-corrected chi connectivity index (χ2v) is 8.40. The first-order valence-corrected chi connectivity index (χ1v) is 10.7. The maximum Gasteiger partial charge on any atom is 0.417 e. The molecule has 1 aromatic heterocycles. The third-order valence-electron chi connectivity index (χ3n) is 4.12. The molecule has 0 aliphatic carbocycles. The molecular weight excluding hydrogens is 509 g/mol. The van der Waals surface area contributed by atoms with Crippen molar-refractivity contribution in [3.8, 4) is 0 Å². The molecular formula is C21H16BrF3N4O2S. The Morgan fingerprint density at radius 2 is 1.75 bits per heavy atom. The second kappa shape index (κ2) is 10.0. The van der Waals surface area contributed by atoms with E-state index >= 15 is 0 Å². The monoisotopic (exact) mass is 524 g/mol. The highest BCUT2D eigenvalue weighted by atomic mass is 79.9. The third-order valence-corrected chi connectivity index (χ3v) is 5.81. The van der Waals surface area contributed by atoms with Gasteiger partial charge in [0.25, 0.3) is 5.91 Å². The van der Waals surface area contributed by atoms with E-state index < -0.39 is 23.7 Å². The number of amides is 3. The Hall–Kier alpha value is -3.05. The van der Waals surface area contributed by atoms with Crippen molar-refractivity contribution in [1.29, 1.82) is 0 Å². The molecule has 2 aromatic carbocycles. The lowest BCUT2D eigenvalue weighted by Crippen LogP contribution is -2.43. The van der Waals surface area contributed by atoms with Crippen molar-refractivity contribution in [2.75, 3.05) is 12.5 Å². The first kappa shape index (κ1) is 23.6. The van der Waals surface area contributed by atoms with Crippen LogP contribution in [-0.2, 0) is 6.18 Å². The summed E-state index contributed by atoms with van der Waals surface area (Å²) >= 11 is 4.28. The van der Waals surface area contributed by atoms with Gasteiger partial charge in [0.05, 0.1) is 11.3 Å². The van der Waals surface area contributed by atoms with Gasteiger partial charge in [0, 0.05) is 27.5 Å². The van der Waals surface area contributed by atoms with Crippen LogP contribution in [0.1, 0.15) is 16.1 Å². The number of nitrogens with one attached hydrogen (secondary N) is 2. The van der Waals surface area contributed by atoms with Crippen LogP contribution in [0.25, 0.3) is 0 Å². The summed E-state index contributed by atoms with van der Waals surface area (Å²) in [6.45, 7) is 0. The number of carbonyl (C=O) groups excluding carboxylic acids is 2. The van der Waals surface area contributed by atoms with E-state index in [0.29, 0.717) is 0 Å². The van der Waals surface area contributed by atoms with Crippen LogP contribution in [0.5, 0.6) is 0 Å². The van der Waals surface area contributed by atoms with E-state index in [9.17, 15) is 22.8 Å². The van der Waals surface area contributed by atoms with Crippen molar-refractivity contribution in [2.45, 2.75) is 16.0 Å². The van der Waals surface area contributed by atoms with Crippen LogP contribution in [0.15, 0.2) is 81.1 Å². The van der Waals surface area contributed by atoms with Gasteiger partial charge in [-0.3, -0.25) is 25.5 Å². The van der Waals surface area contributed by atoms with E-state index in [4.69, 9.17) is 0 Å². The van der Waals surface area contributed by atoms with E-state index in [2.05, 4.69) is 31.8 Å². The summed E-state index contributed by atoms with van der Waals surface area (Å²) in [7, 11) is 1.24. The molecule has 6 nitrogen and oxygen atoms in total. The predicted octanol–water partition coefficient (Wildman–Crippen LogP) is 5.82. The summed E-state index contributed by atoms with van der Waals surface area (Å²) < 4.78 is 38.9. The topological polar surface area (TPSA) is 74.3 Å². The molecule has 166 valence electrons. The third kappa shape index (κ3) is 6.01. The van der Waals surface area contributed by atoms with Gasteiger partial charge in [-0.25, -0.2) is 4.79 Å². The van der Waals surface area contributed by atoms with Crippen molar-refractivity contribution < 1.29 is 22.8 Å². The molecule has 0 aliphatic rings. The smallest absolute Gasteiger partial charge is 0.297 e. The zero-order valence-corrected chi connectivity index (χ0v) is 18.9. The molecule has 1 heterocycles. The number of hydrogen-bond acceptors (Lipinski definition) is 5. The largest absolute Gasteiger partial charge is 0.417 e. The van der Waals surface area contributed by atoms with Gasteiger partial charge in [0.15, 0.2) is 0 Å². The molecule has 0 saturated carbocycles. The molecule has 0 atom stereocenters. The molecule has 0 saturated heterocycles. The van der Waals surface area contributed by atoms with Crippen LogP contribution in [0.4, 0.5) is 23.7 Å². The molecule has 11 heteroatoms. The van der Waals surface area contributed by atoms with Crippen LogP contribution >= 0.6 is 27.7 Å². The Morgan fingerprint density at radius 3 is 2.44 bits per heavy atom. The lowest BCUT2D eigenvalue weighted by Gasteiger charge is -2.18. The highest BCUT2D eigenvalue weighted by Crippen LogP contribution is 2.36.